The molecule has 0 aliphatic heterocycles. The minimum absolute atomic E-state index is 0.360. The van der Waals surface area contributed by atoms with E-state index in [9.17, 15) is 0 Å². The van der Waals surface area contributed by atoms with Crippen LogP contribution in [0, 0.1) is 0 Å². The van der Waals surface area contributed by atoms with Crippen molar-refractivity contribution in [3.8, 4) is 17.4 Å². The summed E-state index contributed by atoms with van der Waals surface area (Å²) in [6.45, 7) is 0. The zero-order valence-corrected chi connectivity index (χ0v) is 10.8. The third kappa shape index (κ3) is 2.21. The Morgan fingerprint density at radius 1 is 1.30 bits per heavy atom. The number of rotatable bonds is 4. The quantitative estimate of drug-likeness (QED) is 0.556. The van der Waals surface area contributed by atoms with E-state index in [2.05, 4.69) is 15.4 Å². The second kappa shape index (κ2) is 5.06. The van der Waals surface area contributed by atoms with Crippen molar-refractivity contribution in [3.63, 3.8) is 0 Å². The van der Waals surface area contributed by atoms with Gasteiger partial charge in [0.05, 0.1) is 13.3 Å². The van der Waals surface area contributed by atoms with E-state index in [1.807, 2.05) is 18.2 Å². The highest BCUT2D eigenvalue weighted by atomic mass is 16.5. The molecule has 0 amide bonds. The number of ether oxygens (including phenoxy) is 2. The van der Waals surface area contributed by atoms with Crippen LogP contribution in [0.15, 0.2) is 42.9 Å². The normalized spacial score (nSPS) is 10.5. The lowest BCUT2D eigenvalue weighted by Gasteiger charge is -2.09. The Morgan fingerprint density at radius 2 is 2.15 bits per heavy atom. The third-order valence-corrected chi connectivity index (χ3v) is 2.75. The standard InChI is InChI=1S/C13H13N5O2/c1-19-9-3-2-4-10(7-9)20-13-12-15-5-6-18(12)8-11(16-13)17-14/h2-8,17H,14H2,1H3. The molecule has 0 unspecified atom stereocenters. The van der Waals surface area contributed by atoms with Gasteiger partial charge >= 0.3 is 0 Å². The van der Waals surface area contributed by atoms with Crippen LogP contribution in [0.5, 0.6) is 17.4 Å². The van der Waals surface area contributed by atoms with Crippen molar-refractivity contribution < 1.29 is 9.47 Å². The second-order valence-electron chi connectivity index (χ2n) is 4.01. The maximum atomic E-state index is 5.76. The van der Waals surface area contributed by atoms with Gasteiger partial charge in [0.15, 0.2) is 5.82 Å². The van der Waals surface area contributed by atoms with Gasteiger partial charge in [-0.25, -0.2) is 10.8 Å². The van der Waals surface area contributed by atoms with Gasteiger partial charge in [0, 0.05) is 18.5 Å². The number of hydrazine groups is 1. The van der Waals surface area contributed by atoms with Crippen LogP contribution in [0.1, 0.15) is 0 Å². The molecule has 2 heterocycles. The smallest absolute Gasteiger partial charge is 0.265 e. The number of nitrogens with zero attached hydrogens (tertiary/aromatic N) is 3. The zero-order valence-electron chi connectivity index (χ0n) is 10.8. The summed E-state index contributed by atoms with van der Waals surface area (Å²) in [6, 6.07) is 7.25. The van der Waals surface area contributed by atoms with Crippen molar-refractivity contribution in [3.05, 3.63) is 42.9 Å². The van der Waals surface area contributed by atoms with E-state index in [0.29, 0.717) is 28.8 Å². The molecule has 7 nitrogen and oxygen atoms in total. The van der Waals surface area contributed by atoms with Crippen LogP contribution < -0.4 is 20.7 Å². The Morgan fingerprint density at radius 3 is 2.95 bits per heavy atom. The van der Waals surface area contributed by atoms with Crippen molar-refractivity contribution in [2.24, 2.45) is 5.84 Å². The van der Waals surface area contributed by atoms with Crippen LogP contribution >= 0.6 is 0 Å². The van der Waals surface area contributed by atoms with E-state index in [-0.39, 0.29) is 0 Å². The molecule has 2 aromatic heterocycles. The van der Waals surface area contributed by atoms with Gasteiger partial charge in [-0.3, -0.25) is 4.40 Å². The molecular formula is C13H13N5O2. The minimum atomic E-state index is 0.360. The van der Waals surface area contributed by atoms with E-state index in [1.165, 1.54) is 0 Å². The molecule has 1 aromatic carbocycles. The predicted octanol–water partition coefficient (Wildman–Crippen LogP) is 1.82. The highest BCUT2D eigenvalue weighted by Gasteiger charge is 2.10. The van der Waals surface area contributed by atoms with Crippen LogP contribution in [-0.2, 0) is 0 Å². The Bertz CT molecular complexity index is 740. The number of aromatic nitrogens is 3. The fourth-order valence-corrected chi connectivity index (χ4v) is 1.82. The number of hydrogen-bond acceptors (Lipinski definition) is 6. The number of fused-ring (bicyclic) bond motifs is 1. The van der Waals surface area contributed by atoms with E-state index in [0.717, 1.165) is 0 Å². The van der Waals surface area contributed by atoms with E-state index >= 15 is 0 Å². The lowest BCUT2D eigenvalue weighted by atomic mass is 10.3. The topological polar surface area (TPSA) is 86.7 Å². The van der Waals surface area contributed by atoms with Gasteiger partial charge in [0.25, 0.3) is 5.88 Å². The Hall–Kier alpha value is -2.80. The van der Waals surface area contributed by atoms with Crippen LogP contribution in [0.4, 0.5) is 5.82 Å². The highest BCUT2D eigenvalue weighted by molar-refractivity contribution is 5.55. The lowest BCUT2D eigenvalue weighted by molar-refractivity contribution is 0.407. The molecule has 0 spiro atoms. The molecule has 0 bridgehead atoms. The van der Waals surface area contributed by atoms with Gasteiger partial charge in [-0.05, 0) is 12.1 Å². The molecule has 0 saturated carbocycles. The summed E-state index contributed by atoms with van der Waals surface area (Å²) in [5.41, 5.74) is 3.10. The van der Waals surface area contributed by atoms with E-state index in [4.69, 9.17) is 15.3 Å². The van der Waals surface area contributed by atoms with E-state index < -0.39 is 0 Å². The van der Waals surface area contributed by atoms with Crippen molar-refractivity contribution in [2.75, 3.05) is 12.5 Å². The molecule has 3 aromatic rings. The molecule has 102 valence electrons. The molecule has 0 atom stereocenters. The van der Waals surface area contributed by atoms with E-state index in [1.54, 1.807) is 36.2 Å². The van der Waals surface area contributed by atoms with Gasteiger partial charge in [-0.15, -0.1) is 0 Å². The first-order valence-electron chi connectivity index (χ1n) is 5.92. The number of benzene rings is 1. The number of nitrogens with one attached hydrogen (secondary N) is 1. The number of imidazole rings is 1. The minimum Gasteiger partial charge on any atom is -0.497 e. The van der Waals surface area contributed by atoms with Gasteiger partial charge in [0.1, 0.15) is 11.5 Å². The largest absolute Gasteiger partial charge is 0.497 e. The fourth-order valence-electron chi connectivity index (χ4n) is 1.82. The molecule has 0 aliphatic carbocycles. The van der Waals surface area contributed by atoms with Crippen LogP contribution in [0.2, 0.25) is 0 Å². The molecule has 0 radical (unpaired) electrons. The molecule has 3 rings (SSSR count). The number of nitrogen functional groups attached to an aromatic ring is 1. The molecule has 0 aliphatic rings. The molecule has 0 fully saturated rings. The summed E-state index contributed by atoms with van der Waals surface area (Å²) in [5, 5.41) is 0. The zero-order chi connectivity index (χ0) is 13.9. The number of methoxy groups -OCH3 is 1. The summed E-state index contributed by atoms with van der Waals surface area (Å²) in [6.07, 6.45) is 5.17. The highest BCUT2D eigenvalue weighted by Crippen LogP contribution is 2.27. The first kappa shape index (κ1) is 12.2. The van der Waals surface area contributed by atoms with Crippen LogP contribution in [0.3, 0.4) is 0 Å². The summed E-state index contributed by atoms with van der Waals surface area (Å²) in [4.78, 5) is 8.47. The number of anilines is 1. The molecular weight excluding hydrogens is 258 g/mol. The van der Waals surface area contributed by atoms with Crippen molar-refractivity contribution >= 4 is 11.5 Å². The maximum absolute atomic E-state index is 5.76. The van der Waals surface area contributed by atoms with Crippen LogP contribution in [0.25, 0.3) is 5.65 Å². The van der Waals surface area contributed by atoms with Gasteiger partial charge < -0.3 is 14.9 Å². The molecule has 7 heteroatoms. The lowest BCUT2D eigenvalue weighted by Crippen LogP contribution is -2.10. The average Bonchev–Trinajstić information content (AvgIpc) is 2.96. The second-order valence-corrected chi connectivity index (χ2v) is 4.01. The summed E-state index contributed by atoms with van der Waals surface area (Å²) < 4.78 is 12.7. The SMILES string of the molecule is COc1cccc(Oc2nc(NN)cn3ccnc23)c1. The van der Waals surface area contributed by atoms with Crippen molar-refractivity contribution in [1.29, 1.82) is 0 Å². The van der Waals surface area contributed by atoms with Gasteiger partial charge in [-0.1, -0.05) is 6.07 Å². The third-order valence-electron chi connectivity index (χ3n) is 2.75. The first-order chi connectivity index (χ1) is 9.80. The monoisotopic (exact) mass is 271 g/mol. The predicted molar refractivity (Wildman–Crippen MR) is 73.9 cm³/mol. The molecule has 3 N–H and O–H groups in total. The van der Waals surface area contributed by atoms with Gasteiger partial charge in [-0.2, -0.15) is 4.98 Å². The fraction of sp³-hybridized carbons (Fsp3) is 0.0769. The van der Waals surface area contributed by atoms with Crippen molar-refractivity contribution in [2.45, 2.75) is 0 Å². The Balaban J connectivity index is 2.02. The number of nitrogens with two attached hydrogens (primary N) is 1. The summed E-state index contributed by atoms with van der Waals surface area (Å²) in [7, 11) is 1.60. The Kier molecular flexibility index (Phi) is 3.10. The summed E-state index contributed by atoms with van der Waals surface area (Å²) in [5.74, 6) is 7.55. The van der Waals surface area contributed by atoms with Crippen LogP contribution in [-0.4, -0.2) is 21.5 Å². The Labute approximate surface area is 114 Å². The first-order valence-corrected chi connectivity index (χ1v) is 5.92. The van der Waals surface area contributed by atoms with Crippen molar-refractivity contribution in [1.82, 2.24) is 14.4 Å². The number of hydrogen-bond donors (Lipinski definition) is 2. The van der Waals surface area contributed by atoms with Gasteiger partial charge in [0.2, 0.25) is 5.65 Å². The maximum Gasteiger partial charge on any atom is 0.265 e. The summed E-state index contributed by atoms with van der Waals surface area (Å²) >= 11 is 0. The molecule has 0 saturated heterocycles. The molecule has 20 heavy (non-hydrogen) atoms. The average molecular weight is 271 g/mol.